The first kappa shape index (κ1) is 23.3. The summed E-state index contributed by atoms with van der Waals surface area (Å²) in [6.07, 6.45) is -4.90. The van der Waals surface area contributed by atoms with Gasteiger partial charge in [0.05, 0.1) is 11.3 Å². The third-order valence-corrected chi connectivity index (χ3v) is 3.70. The molecule has 0 spiro atoms. The number of ether oxygens (including phenoxy) is 1. The lowest BCUT2D eigenvalue weighted by Crippen LogP contribution is -2.45. The summed E-state index contributed by atoms with van der Waals surface area (Å²) in [5.41, 5.74) is -3.21. The molecule has 2 rings (SSSR count). The fourth-order valence-electron chi connectivity index (χ4n) is 2.18. The van der Waals surface area contributed by atoms with Gasteiger partial charge < -0.3 is 15.2 Å². The average Bonchev–Trinajstić information content (AvgIpc) is 2.64. The van der Waals surface area contributed by atoms with E-state index in [9.17, 15) is 36.2 Å². The van der Waals surface area contributed by atoms with Crippen LogP contribution in [0.2, 0.25) is 0 Å². The third-order valence-electron chi connectivity index (χ3n) is 3.70. The third kappa shape index (κ3) is 5.52. The Morgan fingerprint density at radius 1 is 1.13 bits per heavy atom. The number of anilines is 2. The fourth-order valence-corrected chi connectivity index (χ4v) is 2.18. The van der Waals surface area contributed by atoms with Crippen molar-refractivity contribution in [3.63, 3.8) is 0 Å². The Morgan fingerprint density at radius 3 is 2.40 bits per heavy atom. The Labute approximate surface area is 164 Å². The molecule has 0 saturated carbocycles. The molecule has 0 heterocycles. The van der Waals surface area contributed by atoms with Gasteiger partial charge >= 0.3 is 6.18 Å². The number of halogens is 6. The van der Waals surface area contributed by atoms with Crippen molar-refractivity contribution >= 4 is 17.3 Å². The summed E-state index contributed by atoms with van der Waals surface area (Å²) in [5.74, 6) is -6.47. The van der Waals surface area contributed by atoms with Crippen LogP contribution in [0.4, 0.5) is 37.7 Å². The molecular weight excluding hydrogens is 426 g/mol. The molecule has 0 aliphatic rings. The summed E-state index contributed by atoms with van der Waals surface area (Å²) in [6, 6.07) is 3.04. The number of hydrogen-bond acceptors (Lipinski definition) is 6. The normalized spacial score (nSPS) is 13.5. The van der Waals surface area contributed by atoms with E-state index < -0.39 is 64.4 Å². The smallest absolute Gasteiger partial charge is 0.418 e. The molecule has 164 valence electrons. The molecule has 1 atom stereocenters. The van der Waals surface area contributed by atoms with Crippen LogP contribution in [-0.4, -0.2) is 28.5 Å². The molecule has 7 nitrogen and oxygen atoms in total. The number of aliphatic hydroxyl groups is 1. The second-order valence-corrected chi connectivity index (χ2v) is 6.17. The van der Waals surface area contributed by atoms with Crippen molar-refractivity contribution in [3.05, 3.63) is 53.3 Å². The van der Waals surface area contributed by atoms with Crippen LogP contribution in [0.15, 0.2) is 30.3 Å². The van der Waals surface area contributed by atoms with Crippen LogP contribution < -0.4 is 15.5 Å². The molecule has 0 aliphatic carbocycles. The molecule has 0 fully saturated rings. The molecule has 4 N–H and O–H groups in total. The predicted octanol–water partition coefficient (Wildman–Crippen LogP) is 3.71. The van der Waals surface area contributed by atoms with Crippen LogP contribution in [0.3, 0.4) is 0 Å². The first-order chi connectivity index (χ1) is 13.8. The maximum atomic E-state index is 13.6. The summed E-state index contributed by atoms with van der Waals surface area (Å²) >= 11 is 0. The van der Waals surface area contributed by atoms with Crippen molar-refractivity contribution in [2.45, 2.75) is 18.7 Å². The highest BCUT2D eigenvalue weighted by Crippen LogP contribution is 2.36. The second kappa shape index (κ2) is 8.77. The minimum atomic E-state index is -4.90. The van der Waals surface area contributed by atoms with Crippen molar-refractivity contribution in [2.75, 3.05) is 17.4 Å². The van der Waals surface area contributed by atoms with Gasteiger partial charge in [-0.3, -0.25) is 4.79 Å². The van der Waals surface area contributed by atoms with Gasteiger partial charge in [0, 0.05) is 17.8 Å². The lowest BCUT2D eigenvalue weighted by atomic mass is 10.1. The standard InChI is InChI=1S/C17H14F6N2O5/c1-16(27,7-29-13-5-8(18)4-11(19)14(13)20)15(26)24-9-2-3-12(25-30-28)10(6-9)17(21,22)23/h2-6,25,27-28H,7H2,1H3,(H,24,26)/t16-/m1/s1. The Hall–Kier alpha value is -3.03. The van der Waals surface area contributed by atoms with E-state index in [4.69, 9.17) is 9.99 Å². The zero-order valence-electron chi connectivity index (χ0n) is 15.0. The van der Waals surface area contributed by atoms with E-state index in [0.29, 0.717) is 12.1 Å². The molecule has 2 aromatic carbocycles. The number of carbonyl (C=O) groups excluding carboxylic acids is 1. The van der Waals surface area contributed by atoms with E-state index in [2.05, 4.69) is 4.99 Å². The van der Waals surface area contributed by atoms with Crippen LogP contribution in [0, 0.1) is 17.5 Å². The maximum Gasteiger partial charge on any atom is 0.418 e. The van der Waals surface area contributed by atoms with Gasteiger partial charge in [-0.2, -0.15) is 17.6 Å². The summed E-state index contributed by atoms with van der Waals surface area (Å²) in [7, 11) is 0. The number of amides is 1. The van der Waals surface area contributed by atoms with E-state index in [1.54, 1.807) is 5.48 Å². The van der Waals surface area contributed by atoms with Crippen LogP contribution in [0.1, 0.15) is 12.5 Å². The van der Waals surface area contributed by atoms with Gasteiger partial charge in [0.2, 0.25) is 5.82 Å². The van der Waals surface area contributed by atoms with Gasteiger partial charge in [-0.05, 0) is 25.1 Å². The first-order valence-corrected chi connectivity index (χ1v) is 7.94. The predicted molar refractivity (Wildman–Crippen MR) is 89.8 cm³/mol. The first-order valence-electron chi connectivity index (χ1n) is 7.94. The van der Waals surface area contributed by atoms with Crippen LogP contribution in [0.25, 0.3) is 0 Å². The molecule has 0 bridgehead atoms. The van der Waals surface area contributed by atoms with E-state index >= 15 is 0 Å². The number of rotatable bonds is 7. The van der Waals surface area contributed by atoms with Gasteiger partial charge in [-0.25, -0.2) is 19.5 Å². The maximum absolute atomic E-state index is 13.6. The SMILES string of the molecule is C[C@@](O)(COc1cc(F)cc(F)c1F)C(=O)Nc1ccc(NOO)c(C(F)(F)F)c1. The molecular formula is C17H14F6N2O5. The minimum Gasteiger partial charge on any atom is -0.487 e. The van der Waals surface area contributed by atoms with Crippen molar-refractivity contribution in [2.24, 2.45) is 0 Å². The summed E-state index contributed by atoms with van der Waals surface area (Å²) in [4.78, 5) is 15.7. The van der Waals surface area contributed by atoms with Gasteiger partial charge in [-0.15, -0.1) is 4.99 Å². The number of hydrogen-bond donors (Lipinski definition) is 4. The van der Waals surface area contributed by atoms with Gasteiger partial charge in [0.15, 0.2) is 17.2 Å². The van der Waals surface area contributed by atoms with Crippen molar-refractivity contribution in [3.8, 4) is 5.75 Å². The lowest BCUT2D eigenvalue weighted by Gasteiger charge is -2.23. The summed E-state index contributed by atoms with van der Waals surface area (Å²) in [5, 5.41) is 20.4. The molecule has 2 aromatic rings. The minimum absolute atomic E-state index is 0.256. The molecule has 0 saturated heterocycles. The Morgan fingerprint density at radius 2 is 1.80 bits per heavy atom. The molecule has 0 aliphatic heterocycles. The van der Waals surface area contributed by atoms with E-state index in [-0.39, 0.29) is 6.07 Å². The average molecular weight is 440 g/mol. The molecule has 0 unspecified atom stereocenters. The number of carbonyl (C=O) groups is 1. The van der Waals surface area contributed by atoms with Crippen molar-refractivity contribution in [1.29, 1.82) is 0 Å². The molecule has 0 radical (unpaired) electrons. The Kier molecular flexibility index (Phi) is 6.80. The monoisotopic (exact) mass is 440 g/mol. The van der Waals surface area contributed by atoms with Gasteiger partial charge in [0.25, 0.3) is 5.91 Å². The van der Waals surface area contributed by atoms with Gasteiger partial charge in [-0.1, -0.05) is 0 Å². The van der Waals surface area contributed by atoms with Crippen LogP contribution in [-0.2, 0) is 16.0 Å². The quantitative estimate of drug-likeness (QED) is 0.227. The molecule has 13 heteroatoms. The van der Waals surface area contributed by atoms with Gasteiger partial charge in [0.1, 0.15) is 12.4 Å². The highest BCUT2D eigenvalue weighted by atomic mass is 19.4. The zero-order chi connectivity index (χ0) is 22.7. The van der Waals surface area contributed by atoms with Crippen molar-refractivity contribution in [1.82, 2.24) is 0 Å². The molecule has 1 amide bonds. The summed E-state index contributed by atoms with van der Waals surface area (Å²) < 4.78 is 83.9. The summed E-state index contributed by atoms with van der Waals surface area (Å²) in [6.45, 7) is -0.0984. The lowest BCUT2D eigenvalue weighted by molar-refractivity contribution is -0.216. The zero-order valence-corrected chi connectivity index (χ0v) is 15.0. The van der Waals surface area contributed by atoms with E-state index in [1.165, 1.54) is 0 Å². The van der Waals surface area contributed by atoms with Crippen LogP contribution in [0.5, 0.6) is 5.75 Å². The topological polar surface area (TPSA) is 100 Å². The van der Waals surface area contributed by atoms with E-state index in [1.807, 2.05) is 5.32 Å². The molecule has 0 aromatic heterocycles. The van der Waals surface area contributed by atoms with Crippen LogP contribution >= 0.6 is 0 Å². The van der Waals surface area contributed by atoms with E-state index in [0.717, 1.165) is 19.1 Å². The highest BCUT2D eigenvalue weighted by Gasteiger charge is 2.36. The molecule has 30 heavy (non-hydrogen) atoms. The Balaban J connectivity index is 2.16. The second-order valence-electron chi connectivity index (χ2n) is 6.17. The highest BCUT2D eigenvalue weighted by molar-refractivity contribution is 5.97. The number of nitrogens with one attached hydrogen (secondary N) is 2. The fraction of sp³-hybridized carbons (Fsp3) is 0.235. The Bertz CT molecular complexity index is 936. The number of benzene rings is 2. The largest absolute Gasteiger partial charge is 0.487 e. The number of alkyl halides is 3. The van der Waals surface area contributed by atoms with Crippen molar-refractivity contribution < 1.29 is 51.2 Å².